The highest BCUT2D eigenvalue weighted by Gasteiger charge is 2.20. The number of carboxylic acids is 1. The van der Waals surface area contributed by atoms with Crippen LogP contribution in [0.4, 0.5) is 11.6 Å². The van der Waals surface area contributed by atoms with Gasteiger partial charge in [0.1, 0.15) is 12.3 Å². The maximum atomic E-state index is 12.2. The predicted molar refractivity (Wildman–Crippen MR) is 110 cm³/mol. The van der Waals surface area contributed by atoms with Crippen molar-refractivity contribution in [2.45, 2.75) is 25.4 Å². The van der Waals surface area contributed by atoms with Gasteiger partial charge in [0.25, 0.3) is 11.5 Å². The van der Waals surface area contributed by atoms with Crippen LogP contribution in [0.5, 0.6) is 0 Å². The Labute approximate surface area is 174 Å². The molecule has 0 radical (unpaired) electrons. The van der Waals surface area contributed by atoms with Gasteiger partial charge in [-0.25, -0.2) is 14.8 Å². The van der Waals surface area contributed by atoms with Crippen molar-refractivity contribution in [3.05, 3.63) is 52.1 Å². The zero-order chi connectivity index (χ0) is 22.4. The van der Waals surface area contributed by atoms with E-state index in [2.05, 4.69) is 30.6 Å². The number of aldehydes is 1. The number of nitrogens with zero attached hydrogens (tertiary/aromatic N) is 3. The highest BCUT2D eigenvalue weighted by Crippen LogP contribution is 2.12. The number of carboxylic acid groups (broad SMARTS) is 1. The summed E-state index contributed by atoms with van der Waals surface area (Å²) >= 11 is 0. The number of nitrogen functional groups attached to an aromatic ring is 1. The van der Waals surface area contributed by atoms with Gasteiger partial charge in [-0.3, -0.25) is 14.6 Å². The highest BCUT2D eigenvalue weighted by molar-refractivity contribution is 5.96. The second-order valence-corrected chi connectivity index (χ2v) is 6.52. The first-order valence-electron chi connectivity index (χ1n) is 9.20. The van der Waals surface area contributed by atoms with E-state index in [0.29, 0.717) is 17.7 Å². The maximum absolute atomic E-state index is 12.2. The third kappa shape index (κ3) is 5.38. The number of fused-ring (bicyclic) bond motifs is 1. The number of hydrogen-bond acceptors (Lipinski definition) is 9. The van der Waals surface area contributed by atoms with Crippen LogP contribution in [0.2, 0.25) is 0 Å². The standard InChI is InChI=1S/C19H19N7O5/c20-19-25-15-14(17(29)26-19)23-12(9-22-15)8-21-11-5-3-10(4-6-11)16(28)24-13(18(30)31)2-1-7-27/h3-7,9,13,21H,1-2,8H2,(H,24,28)(H,30,31)(H3,20,22,25,26,29). The molecule has 1 unspecified atom stereocenters. The van der Waals surface area contributed by atoms with Gasteiger partial charge in [0.05, 0.1) is 18.4 Å². The number of aromatic nitrogens is 4. The number of amides is 1. The van der Waals surface area contributed by atoms with Gasteiger partial charge in [0.15, 0.2) is 11.2 Å². The highest BCUT2D eigenvalue weighted by atomic mass is 16.4. The van der Waals surface area contributed by atoms with Gasteiger partial charge < -0.3 is 26.3 Å². The van der Waals surface area contributed by atoms with Crippen molar-refractivity contribution in [2.24, 2.45) is 0 Å². The molecular formula is C19H19N7O5. The number of carbonyl (C=O) groups is 3. The first-order valence-corrected chi connectivity index (χ1v) is 9.20. The van der Waals surface area contributed by atoms with Gasteiger partial charge in [-0.2, -0.15) is 4.98 Å². The van der Waals surface area contributed by atoms with Gasteiger partial charge in [0.2, 0.25) is 5.95 Å². The number of anilines is 2. The first kappa shape index (κ1) is 21.4. The molecule has 6 N–H and O–H groups in total. The van der Waals surface area contributed by atoms with Crippen molar-refractivity contribution in [3.63, 3.8) is 0 Å². The van der Waals surface area contributed by atoms with E-state index in [-0.39, 0.29) is 42.1 Å². The van der Waals surface area contributed by atoms with Gasteiger partial charge >= 0.3 is 5.97 Å². The molecule has 1 aromatic carbocycles. The van der Waals surface area contributed by atoms with Crippen molar-refractivity contribution in [2.75, 3.05) is 11.1 Å². The molecule has 1 atom stereocenters. The molecule has 2 heterocycles. The second kappa shape index (κ2) is 9.43. The molecule has 0 fully saturated rings. The van der Waals surface area contributed by atoms with Crippen LogP contribution >= 0.6 is 0 Å². The maximum Gasteiger partial charge on any atom is 0.326 e. The molecule has 0 saturated heterocycles. The monoisotopic (exact) mass is 425 g/mol. The number of nitrogens with one attached hydrogen (secondary N) is 3. The summed E-state index contributed by atoms with van der Waals surface area (Å²) in [7, 11) is 0. The normalized spacial score (nSPS) is 11.6. The molecular weight excluding hydrogens is 406 g/mol. The van der Waals surface area contributed by atoms with E-state index in [0.717, 1.165) is 0 Å². The Morgan fingerprint density at radius 1 is 1.23 bits per heavy atom. The molecule has 0 saturated carbocycles. The number of carbonyl (C=O) groups excluding carboxylic acids is 2. The summed E-state index contributed by atoms with van der Waals surface area (Å²) in [5, 5.41) is 14.6. The largest absolute Gasteiger partial charge is 0.480 e. The van der Waals surface area contributed by atoms with Crippen molar-refractivity contribution in [1.29, 1.82) is 0 Å². The average Bonchev–Trinajstić information content (AvgIpc) is 2.75. The SMILES string of the molecule is Nc1nc2ncc(CNc3ccc(C(=O)NC(CCC=O)C(=O)O)cc3)nc2c(=O)[nH]1. The molecule has 1 amide bonds. The summed E-state index contributed by atoms with van der Waals surface area (Å²) in [5.74, 6) is -1.81. The fourth-order valence-electron chi connectivity index (χ4n) is 2.72. The Kier molecular flexibility index (Phi) is 6.50. The zero-order valence-electron chi connectivity index (χ0n) is 16.2. The molecule has 12 heteroatoms. The van der Waals surface area contributed by atoms with E-state index in [1.807, 2.05) is 0 Å². The molecule has 2 aromatic heterocycles. The van der Waals surface area contributed by atoms with E-state index in [4.69, 9.17) is 10.8 Å². The fraction of sp³-hybridized carbons (Fsp3) is 0.211. The van der Waals surface area contributed by atoms with Gasteiger partial charge in [-0.1, -0.05) is 0 Å². The Bertz CT molecular complexity index is 1180. The molecule has 3 aromatic rings. The predicted octanol–water partition coefficient (Wildman–Crippen LogP) is 0.0695. The quantitative estimate of drug-likeness (QED) is 0.293. The van der Waals surface area contributed by atoms with Crippen molar-refractivity contribution >= 4 is 41.0 Å². The summed E-state index contributed by atoms with van der Waals surface area (Å²) in [6.45, 7) is 0.255. The Balaban J connectivity index is 1.63. The lowest BCUT2D eigenvalue weighted by atomic mass is 10.1. The fourth-order valence-corrected chi connectivity index (χ4v) is 2.72. The minimum atomic E-state index is -1.21. The van der Waals surface area contributed by atoms with Gasteiger partial charge in [-0.05, 0) is 30.7 Å². The summed E-state index contributed by atoms with van der Waals surface area (Å²) < 4.78 is 0. The second-order valence-electron chi connectivity index (χ2n) is 6.52. The van der Waals surface area contributed by atoms with E-state index < -0.39 is 23.5 Å². The lowest BCUT2D eigenvalue weighted by Crippen LogP contribution is -2.40. The lowest BCUT2D eigenvalue weighted by molar-refractivity contribution is -0.139. The van der Waals surface area contributed by atoms with Crippen LogP contribution in [0, 0.1) is 0 Å². The third-order valence-electron chi connectivity index (χ3n) is 4.28. The number of H-pyrrole nitrogens is 1. The number of aliphatic carboxylic acids is 1. The van der Waals surface area contributed by atoms with Crippen molar-refractivity contribution < 1.29 is 19.5 Å². The molecule has 0 aliphatic carbocycles. The van der Waals surface area contributed by atoms with E-state index >= 15 is 0 Å². The Hall–Kier alpha value is -4.35. The Morgan fingerprint density at radius 2 is 1.97 bits per heavy atom. The molecule has 0 spiro atoms. The third-order valence-corrected chi connectivity index (χ3v) is 4.28. The molecule has 3 rings (SSSR count). The lowest BCUT2D eigenvalue weighted by Gasteiger charge is -2.13. The van der Waals surface area contributed by atoms with Gasteiger partial charge in [-0.15, -0.1) is 0 Å². The number of rotatable bonds is 9. The zero-order valence-corrected chi connectivity index (χ0v) is 16.2. The molecule has 0 aliphatic rings. The minimum Gasteiger partial charge on any atom is -0.480 e. The number of nitrogens with two attached hydrogens (primary N) is 1. The summed E-state index contributed by atoms with van der Waals surface area (Å²) in [5.41, 5.74) is 6.63. The van der Waals surface area contributed by atoms with Crippen LogP contribution < -0.4 is 21.9 Å². The topological polar surface area (TPSA) is 193 Å². The molecule has 0 aliphatic heterocycles. The summed E-state index contributed by atoms with van der Waals surface area (Å²) in [6.07, 6.45) is 2.12. The van der Waals surface area contributed by atoms with E-state index in [1.165, 1.54) is 18.3 Å². The molecule has 0 bridgehead atoms. The number of aromatic amines is 1. The molecule has 31 heavy (non-hydrogen) atoms. The Morgan fingerprint density at radius 3 is 2.65 bits per heavy atom. The van der Waals surface area contributed by atoms with Crippen LogP contribution in [0.3, 0.4) is 0 Å². The van der Waals surface area contributed by atoms with Crippen LogP contribution in [0.15, 0.2) is 35.3 Å². The van der Waals surface area contributed by atoms with E-state index in [1.54, 1.807) is 12.1 Å². The first-order chi connectivity index (χ1) is 14.9. The van der Waals surface area contributed by atoms with Gasteiger partial charge in [0, 0.05) is 17.7 Å². The smallest absolute Gasteiger partial charge is 0.326 e. The molecule has 160 valence electrons. The van der Waals surface area contributed by atoms with Crippen molar-refractivity contribution in [3.8, 4) is 0 Å². The van der Waals surface area contributed by atoms with Crippen LogP contribution in [-0.2, 0) is 16.1 Å². The van der Waals surface area contributed by atoms with Crippen molar-refractivity contribution in [1.82, 2.24) is 25.3 Å². The average molecular weight is 425 g/mol. The van der Waals surface area contributed by atoms with Crippen LogP contribution in [0.25, 0.3) is 11.2 Å². The summed E-state index contributed by atoms with van der Waals surface area (Å²) in [4.78, 5) is 60.3. The minimum absolute atomic E-state index is 0.0158. The number of hydrogen-bond donors (Lipinski definition) is 5. The molecule has 12 nitrogen and oxygen atoms in total. The number of benzene rings is 1. The van der Waals surface area contributed by atoms with Crippen LogP contribution in [-0.4, -0.2) is 49.2 Å². The van der Waals surface area contributed by atoms with E-state index in [9.17, 15) is 19.2 Å². The summed E-state index contributed by atoms with van der Waals surface area (Å²) in [6, 6.07) is 5.19. The van der Waals surface area contributed by atoms with Crippen LogP contribution in [0.1, 0.15) is 28.9 Å².